The van der Waals surface area contributed by atoms with Gasteiger partial charge in [0.2, 0.25) is 0 Å². The molecule has 0 bridgehead atoms. The van der Waals surface area contributed by atoms with Crippen LogP contribution in [0.25, 0.3) is 0 Å². The van der Waals surface area contributed by atoms with Crippen LogP contribution in [0, 0.1) is 10.1 Å². The molecule has 2 aromatic rings. The van der Waals surface area contributed by atoms with E-state index in [1.54, 1.807) is 12.1 Å². The van der Waals surface area contributed by atoms with Crippen LogP contribution in [0.2, 0.25) is 0 Å². The number of nitrogens with zero attached hydrogens (tertiary/aromatic N) is 1. The van der Waals surface area contributed by atoms with Gasteiger partial charge in [-0.05, 0) is 24.3 Å². The lowest BCUT2D eigenvalue weighted by Gasteiger charge is -2.06. The molecule has 0 fully saturated rings. The second kappa shape index (κ2) is 6.27. The Kier molecular flexibility index (Phi) is 4.42. The summed E-state index contributed by atoms with van der Waals surface area (Å²) in [7, 11) is 0. The Morgan fingerprint density at radius 2 is 1.68 bits per heavy atom. The van der Waals surface area contributed by atoms with Crippen molar-refractivity contribution < 1.29 is 24.7 Å². The molecule has 0 aliphatic rings. The third-order valence-corrected chi connectivity index (χ3v) is 3.88. The first-order valence-electron chi connectivity index (χ1n) is 5.92. The van der Waals surface area contributed by atoms with Crippen LogP contribution in [0.4, 0.5) is 5.69 Å². The van der Waals surface area contributed by atoms with Crippen LogP contribution < -0.4 is 0 Å². The highest BCUT2D eigenvalue weighted by atomic mass is 32.2. The zero-order valence-electron chi connectivity index (χ0n) is 10.9. The van der Waals surface area contributed by atoms with Gasteiger partial charge in [0.15, 0.2) is 0 Å². The molecule has 0 amide bonds. The maximum absolute atomic E-state index is 11.1. The van der Waals surface area contributed by atoms with E-state index < -0.39 is 16.9 Å². The lowest BCUT2D eigenvalue weighted by molar-refractivity contribution is -0.387. The van der Waals surface area contributed by atoms with E-state index in [2.05, 4.69) is 0 Å². The molecule has 0 radical (unpaired) electrons. The molecule has 7 nitrogen and oxygen atoms in total. The van der Waals surface area contributed by atoms with E-state index in [1.807, 2.05) is 0 Å². The summed E-state index contributed by atoms with van der Waals surface area (Å²) in [5.41, 5.74) is -0.572. The minimum atomic E-state index is -1.27. The summed E-state index contributed by atoms with van der Waals surface area (Å²) in [5.74, 6) is -2.42. The molecule has 0 atom stereocenters. The van der Waals surface area contributed by atoms with Crippen molar-refractivity contribution >= 4 is 29.4 Å². The molecule has 0 aromatic heterocycles. The smallest absolute Gasteiger partial charge is 0.336 e. The van der Waals surface area contributed by atoms with Gasteiger partial charge in [-0.15, -0.1) is 0 Å². The Morgan fingerprint density at radius 1 is 1.00 bits per heavy atom. The van der Waals surface area contributed by atoms with Gasteiger partial charge in [-0.25, -0.2) is 9.59 Å². The molecular formula is C14H9NO6S. The maximum Gasteiger partial charge on any atom is 0.336 e. The molecule has 0 unspecified atom stereocenters. The molecule has 112 valence electrons. The van der Waals surface area contributed by atoms with Crippen molar-refractivity contribution in [2.75, 3.05) is 0 Å². The van der Waals surface area contributed by atoms with Gasteiger partial charge in [-0.3, -0.25) is 10.1 Å². The first-order valence-corrected chi connectivity index (χ1v) is 6.73. The van der Waals surface area contributed by atoms with Crippen molar-refractivity contribution in [3.8, 4) is 0 Å². The van der Waals surface area contributed by atoms with Gasteiger partial charge in [0.05, 0.1) is 20.9 Å². The third kappa shape index (κ3) is 3.23. The largest absolute Gasteiger partial charge is 0.478 e. The van der Waals surface area contributed by atoms with E-state index in [1.165, 1.54) is 24.3 Å². The van der Waals surface area contributed by atoms with Crippen LogP contribution in [-0.2, 0) is 0 Å². The summed E-state index contributed by atoms with van der Waals surface area (Å²) in [6.45, 7) is 0. The highest BCUT2D eigenvalue weighted by molar-refractivity contribution is 7.99. The van der Waals surface area contributed by atoms with Crippen LogP contribution >= 0.6 is 11.8 Å². The van der Waals surface area contributed by atoms with E-state index in [4.69, 9.17) is 10.2 Å². The Labute approximate surface area is 128 Å². The predicted octanol–water partition coefficient (Wildman–Crippen LogP) is 3.14. The van der Waals surface area contributed by atoms with Gasteiger partial charge in [0.25, 0.3) is 5.69 Å². The van der Waals surface area contributed by atoms with E-state index >= 15 is 0 Å². The average molecular weight is 319 g/mol. The van der Waals surface area contributed by atoms with Crippen LogP contribution in [0.15, 0.2) is 52.3 Å². The number of rotatable bonds is 5. The molecular weight excluding hydrogens is 310 g/mol. The van der Waals surface area contributed by atoms with Crippen LogP contribution in [0.1, 0.15) is 20.7 Å². The number of aromatic carboxylic acids is 2. The summed E-state index contributed by atoms with van der Waals surface area (Å²) in [6, 6.07) is 9.58. The van der Waals surface area contributed by atoms with Crippen LogP contribution in [0.5, 0.6) is 0 Å². The van der Waals surface area contributed by atoms with E-state index in [0.717, 1.165) is 17.8 Å². The van der Waals surface area contributed by atoms with Gasteiger partial charge in [0, 0.05) is 11.0 Å². The molecule has 0 saturated carbocycles. The van der Waals surface area contributed by atoms with Crippen molar-refractivity contribution in [2.24, 2.45) is 0 Å². The molecule has 0 heterocycles. The minimum absolute atomic E-state index is 0.0177. The summed E-state index contributed by atoms with van der Waals surface area (Å²) >= 11 is 0.902. The van der Waals surface area contributed by atoms with Gasteiger partial charge >= 0.3 is 11.9 Å². The summed E-state index contributed by atoms with van der Waals surface area (Å²) in [6.07, 6.45) is 0. The maximum atomic E-state index is 11.1. The van der Waals surface area contributed by atoms with Gasteiger partial charge in [0.1, 0.15) is 0 Å². The molecule has 0 spiro atoms. The molecule has 2 rings (SSSR count). The quantitative estimate of drug-likeness (QED) is 0.642. The topological polar surface area (TPSA) is 118 Å². The Bertz CT molecular complexity index is 774. The number of hydrogen-bond donors (Lipinski definition) is 2. The monoisotopic (exact) mass is 319 g/mol. The summed E-state index contributed by atoms with van der Waals surface area (Å²) in [4.78, 5) is 32.9. The van der Waals surface area contributed by atoms with E-state index in [9.17, 15) is 19.7 Å². The predicted molar refractivity (Wildman–Crippen MR) is 77.6 cm³/mol. The molecule has 0 aliphatic carbocycles. The van der Waals surface area contributed by atoms with Crippen LogP contribution in [0.3, 0.4) is 0 Å². The fourth-order valence-corrected chi connectivity index (χ4v) is 2.75. The van der Waals surface area contributed by atoms with Crippen molar-refractivity contribution in [1.82, 2.24) is 0 Å². The highest BCUT2D eigenvalue weighted by Gasteiger charge is 2.20. The number of carboxylic acids is 2. The standard InChI is InChI=1S/C14H9NO6S/c16-13(17)8-5-6-12(10(7-8)15(20)21)22-11-4-2-1-3-9(11)14(18)19/h1-7H,(H,16,17)(H,18,19). The zero-order chi connectivity index (χ0) is 16.3. The second-order valence-electron chi connectivity index (χ2n) is 4.15. The van der Waals surface area contributed by atoms with Crippen molar-refractivity contribution in [3.63, 3.8) is 0 Å². The number of nitro groups is 1. The number of carboxylic acid groups (broad SMARTS) is 2. The molecule has 8 heteroatoms. The Balaban J connectivity index is 2.48. The highest BCUT2D eigenvalue weighted by Crippen LogP contribution is 2.37. The number of nitro benzene ring substituents is 1. The molecule has 22 heavy (non-hydrogen) atoms. The first kappa shape index (κ1) is 15.5. The first-order chi connectivity index (χ1) is 10.4. The Hall–Kier alpha value is -2.87. The van der Waals surface area contributed by atoms with E-state index in [-0.39, 0.29) is 21.7 Å². The van der Waals surface area contributed by atoms with E-state index in [0.29, 0.717) is 4.90 Å². The van der Waals surface area contributed by atoms with Crippen LogP contribution in [-0.4, -0.2) is 27.1 Å². The van der Waals surface area contributed by atoms with Gasteiger partial charge in [-0.1, -0.05) is 23.9 Å². The third-order valence-electron chi connectivity index (χ3n) is 2.74. The number of hydrogen-bond acceptors (Lipinski definition) is 5. The minimum Gasteiger partial charge on any atom is -0.478 e. The van der Waals surface area contributed by atoms with Gasteiger partial charge in [-0.2, -0.15) is 0 Å². The normalized spacial score (nSPS) is 10.2. The van der Waals surface area contributed by atoms with Crippen molar-refractivity contribution in [3.05, 3.63) is 63.7 Å². The summed E-state index contributed by atoms with van der Waals surface area (Å²) in [5, 5.41) is 29.1. The number of benzene rings is 2. The SMILES string of the molecule is O=C(O)c1ccc(Sc2ccccc2C(=O)O)c([N+](=O)[O-])c1. The summed E-state index contributed by atoms with van der Waals surface area (Å²) < 4.78 is 0. The Morgan fingerprint density at radius 3 is 2.27 bits per heavy atom. The average Bonchev–Trinajstić information content (AvgIpc) is 2.47. The second-order valence-corrected chi connectivity index (χ2v) is 5.23. The number of carbonyl (C=O) groups is 2. The molecule has 2 aromatic carbocycles. The molecule has 2 N–H and O–H groups in total. The van der Waals surface area contributed by atoms with Gasteiger partial charge < -0.3 is 10.2 Å². The lowest BCUT2D eigenvalue weighted by Crippen LogP contribution is -2.00. The fraction of sp³-hybridized carbons (Fsp3) is 0. The fourth-order valence-electron chi connectivity index (χ4n) is 1.73. The molecule has 0 saturated heterocycles. The lowest BCUT2D eigenvalue weighted by atomic mass is 10.2. The zero-order valence-corrected chi connectivity index (χ0v) is 11.7. The molecule has 0 aliphatic heterocycles. The van der Waals surface area contributed by atoms with Crippen molar-refractivity contribution in [2.45, 2.75) is 9.79 Å². The van der Waals surface area contributed by atoms with Crippen molar-refractivity contribution in [1.29, 1.82) is 0 Å².